The summed E-state index contributed by atoms with van der Waals surface area (Å²) in [5, 5.41) is 1.33. The monoisotopic (exact) mass is 250 g/mol. The second-order valence-corrected chi connectivity index (χ2v) is 4.87. The second kappa shape index (κ2) is 5.27. The Morgan fingerprint density at radius 2 is 1.95 bits per heavy atom. The molecule has 0 fully saturated rings. The number of rotatable bonds is 4. The summed E-state index contributed by atoms with van der Waals surface area (Å²) >= 11 is 0. The Labute approximate surface area is 113 Å². The maximum absolute atomic E-state index is 4.52. The first-order chi connectivity index (χ1) is 9.36. The number of para-hydroxylation sites is 1. The standard InChI is InChI=1S/C17H18N2/c1-2-13-7-9-15(18-11-13)10-8-14-12-19-17-6-4-3-5-16(14)17/h3-7,9,11-12,19H,2,8,10H2,1H3. The second-order valence-electron chi connectivity index (χ2n) is 4.87. The number of nitrogens with one attached hydrogen (secondary N) is 1. The van der Waals surface area contributed by atoms with E-state index in [0.717, 1.165) is 19.3 Å². The molecule has 3 aromatic rings. The van der Waals surface area contributed by atoms with Crippen molar-refractivity contribution in [1.29, 1.82) is 0 Å². The molecule has 96 valence electrons. The summed E-state index contributed by atoms with van der Waals surface area (Å²) in [6, 6.07) is 12.8. The molecule has 0 bridgehead atoms. The molecule has 2 heteroatoms. The van der Waals surface area contributed by atoms with Crippen molar-refractivity contribution in [3.8, 4) is 0 Å². The van der Waals surface area contributed by atoms with Crippen LogP contribution in [0.4, 0.5) is 0 Å². The van der Waals surface area contributed by atoms with Crippen molar-refractivity contribution < 1.29 is 0 Å². The Bertz CT molecular complexity index is 665. The van der Waals surface area contributed by atoms with Gasteiger partial charge in [0.05, 0.1) is 0 Å². The van der Waals surface area contributed by atoms with Crippen LogP contribution in [0.15, 0.2) is 48.8 Å². The first kappa shape index (κ1) is 12.0. The van der Waals surface area contributed by atoms with Gasteiger partial charge in [0.1, 0.15) is 0 Å². The maximum Gasteiger partial charge on any atom is 0.0456 e. The molecule has 0 spiro atoms. The molecule has 2 heterocycles. The smallest absolute Gasteiger partial charge is 0.0456 e. The summed E-state index contributed by atoms with van der Waals surface area (Å²) in [6.45, 7) is 2.16. The van der Waals surface area contributed by atoms with Crippen LogP contribution >= 0.6 is 0 Å². The first-order valence-electron chi connectivity index (χ1n) is 6.85. The zero-order chi connectivity index (χ0) is 13.1. The van der Waals surface area contributed by atoms with Gasteiger partial charge in [-0.1, -0.05) is 31.2 Å². The summed E-state index contributed by atoms with van der Waals surface area (Å²) < 4.78 is 0. The molecule has 1 aromatic carbocycles. The van der Waals surface area contributed by atoms with Crippen molar-refractivity contribution in [1.82, 2.24) is 9.97 Å². The highest BCUT2D eigenvalue weighted by molar-refractivity contribution is 5.83. The lowest BCUT2D eigenvalue weighted by molar-refractivity contribution is 0.911. The quantitative estimate of drug-likeness (QED) is 0.747. The third kappa shape index (κ3) is 2.53. The van der Waals surface area contributed by atoms with Crippen LogP contribution in [0.5, 0.6) is 0 Å². The van der Waals surface area contributed by atoms with Gasteiger partial charge < -0.3 is 4.98 Å². The van der Waals surface area contributed by atoms with Gasteiger partial charge in [0.2, 0.25) is 0 Å². The Balaban J connectivity index is 1.74. The van der Waals surface area contributed by atoms with Gasteiger partial charge in [0.25, 0.3) is 0 Å². The fraction of sp³-hybridized carbons (Fsp3) is 0.235. The SMILES string of the molecule is CCc1ccc(CCc2c[nH]c3ccccc23)nc1. The topological polar surface area (TPSA) is 28.7 Å². The normalized spacial score (nSPS) is 11.0. The van der Waals surface area contributed by atoms with E-state index >= 15 is 0 Å². The molecule has 0 aliphatic rings. The van der Waals surface area contributed by atoms with E-state index in [1.54, 1.807) is 0 Å². The summed E-state index contributed by atoms with van der Waals surface area (Å²) in [5.41, 5.74) is 5.06. The van der Waals surface area contributed by atoms with Crippen molar-refractivity contribution in [3.05, 3.63) is 65.6 Å². The lowest BCUT2D eigenvalue weighted by atomic mass is 10.1. The van der Waals surface area contributed by atoms with Gasteiger partial charge in [0.15, 0.2) is 0 Å². The molecular weight excluding hydrogens is 232 g/mol. The van der Waals surface area contributed by atoms with Gasteiger partial charge in [-0.2, -0.15) is 0 Å². The van der Waals surface area contributed by atoms with Gasteiger partial charge in [-0.3, -0.25) is 4.98 Å². The van der Waals surface area contributed by atoms with Crippen molar-refractivity contribution in [2.24, 2.45) is 0 Å². The van der Waals surface area contributed by atoms with Crippen LogP contribution in [0.2, 0.25) is 0 Å². The van der Waals surface area contributed by atoms with Gasteiger partial charge in [-0.15, -0.1) is 0 Å². The Hall–Kier alpha value is -2.09. The maximum atomic E-state index is 4.52. The third-order valence-corrected chi connectivity index (χ3v) is 3.62. The number of hydrogen-bond donors (Lipinski definition) is 1. The van der Waals surface area contributed by atoms with Crippen LogP contribution in [0.3, 0.4) is 0 Å². The molecule has 2 aromatic heterocycles. The minimum absolute atomic E-state index is 0.992. The van der Waals surface area contributed by atoms with Crippen LogP contribution in [0.1, 0.15) is 23.7 Å². The summed E-state index contributed by atoms with van der Waals surface area (Å²) in [4.78, 5) is 7.84. The summed E-state index contributed by atoms with van der Waals surface area (Å²) in [5.74, 6) is 0. The molecule has 1 N–H and O–H groups in total. The van der Waals surface area contributed by atoms with E-state index in [1.165, 1.54) is 27.7 Å². The van der Waals surface area contributed by atoms with E-state index in [-0.39, 0.29) is 0 Å². The van der Waals surface area contributed by atoms with Crippen molar-refractivity contribution in [3.63, 3.8) is 0 Å². The van der Waals surface area contributed by atoms with E-state index in [0.29, 0.717) is 0 Å². The zero-order valence-electron chi connectivity index (χ0n) is 11.2. The lowest BCUT2D eigenvalue weighted by Crippen LogP contribution is -1.94. The molecular formula is C17H18N2. The number of fused-ring (bicyclic) bond motifs is 1. The van der Waals surface area contributed by atoms with E-state index in [9.17, 15) is 0 Å². The van der Waals surface area contributed by atoms with E-state index in [4.69, 9.17) is 0 Å². The highest BCUT2D eigenvalue weighted by atomic mass is 14.7. The van der Waals surface area contributed by atoms with Gasteiger partial charge >= 0.3 is 0 Å². The Morgan fingerprint density at radius 1 is 1.05 bits per heavy atom. The molecule has 0 saturated heterocycles. The minimum Gasteiger partial charge on any atom is -0.361 e. The minimum atomic E-state index is 0.992. The summed E-state index contributed by atoms with van der Waals surface area (Å²) in [7, 11) is 0. The first-order valence-corrected chi connectivity index (χ1v) is 6.85. The van der Waals surface area contributed by atoms with Crippen LogP contribution in [-0.4, -0.2) is 9.97 Å². The number of aromatic amines is 1. The molecule has 2 nitrogen and oxygen atoms in total. The largest absolute Gasteiger partial charge is 0.361 e. The molecule has 0 unspecified atom stereocenters. The highest BCUT2D eigenvalue weighted by Crippen LogP contribution is 2.19. The van der Waals surface area contributed by atoms with E-state index < -0.39 is 0 Å². The average molecular weight is 250 g/mol. The van der Waals surface area contributed by atoms with Crippen LogP contribution in [0, 0.1) is 0 Å². The number of H-pyrrole nitrogens is 1. The third-order valence-electron chi connectivity index (χ3n) is 3.62. The Morgan fingerprint density at radius 3 is 2.74 bits per heavy atom. The predicted octanol–water partition coefficient (Wildman–Crippen LogP) is 3.91. The lowest BCUT2D eigenvalue weighted by Gasteiger charge is -2.02. The number of pyridine rings is 1. The van der Waals surface area contributed by atoms with Crippen molar-refractivity contribution in [2.75, 3.05) is 0 Å². The molecule has 0 amide bonds. The van der Waals surface area contributed by atoms with Crippen LogP contribution < -0.4 is 0 Å². The molecule has 3 rings (SSSR count). The number of hydrogen-bond acceptors (Lipinski definition) is 1. The predicted molar refractivity (Wildman–Crippen MR) is 79.3 cm³/mol. The molecule has 0 atom stereocenters. The Kier molecular flexibility index (Phi) is 3.32. The molecule has 0 aliphatic carbocycles. The van der Waals surface area contributed by atoms with E-state index in [1.807, 2.05) is 6.20 Å². The number of benzene rings is 1. The fourth-order valence-corrected chi connectivity index (χ4v) is 2.41. The van der Waals surface area contributed by atoms with Crippen LogP contribution in [-0.2, 0) is 19.3 Å². The van der Waals surface area contributed by atoms with Gasteiger partial charge in [-0.25, -0.2) is 0 Å². The summed E-state index contributed by atoms with van der Waals surface area (Å²) in [6.07, 6.45) is 7.18. The molecule has 19 heavy (non-hydrogen) atoms. The fourth-order valence-electron chi connectivity index (χ4n) is 2.41. The van der Waals surface area contributed by atoms with Crippen molar-refractivity contribution in [2.45, 2.75) is 26.2 Å². The molecule has 0 aliphatic heterocycles. The molecule has 0 radical (unpaired) electrons. The molecule has 0 saturated carbocycles. The van der Waals surface area contributed by atoms with E-state index in [2.05, 4.69) is 59.5 Å². The zero-order valence-corrected chi connectivity index (χ0v) is 11.2. The number of aryl methyl sites for hydroxylation is 3. The van der Waals surface area contributed by atoms with Gasteiger partial charge in [0, 0.05) is 29.0 Å². The van der Waals surface area contributed by atoms with Gasteiger partial charge in [-0.05, 0) is 42.5 Å². The average Bonchev–Trinajstić information content (AvgIpc) is 2.89. The van der Waals surface area contributed by atoms with Crippen molar-refractivity contribution >= 4 is 10.9 Å². The number of nitrogens with zero attached hydrogens (tertiary/aromatic N) is 1. The highest BCUT2D eigenvalue weighted by Gasteiger charge is 2.03. The van der Waals surface area contributed by atoms with Crippen LogP contribution in [0.25, 0.3) is 10.9 Å². The number of aromatic nitrogens is 2.